The van der Waals surface area contributed by atoms with Crippen molar-refractivity contribution >= 4 is 34.2 Å². The zero-order valence-electron chi connectivity index (χ0n) is 17.5. The molecule has 0 aliphatic carbocycles. The van der Waals surface area contributed by atoms with Crippen LogP contribution in [-0.2, 0) is 4.74 Å². The Balaban J connectivity index is 1.59. The third-order valence-corrected chi connectivity index (χ3v) is 5.49. The number of hydrogen-bond donors (Lipinski definition) is 2. The van der Waals surface area contributed by atoms with Gasteiger partial charge in [-0.2, -0.15) is 9.97 Å². The van der Waals surface area contributed by atoms with Crippen molar-refractivity contribution in [3.8, 4) is 11.1 Å². The molecule has 0 spiro atoms. The lowest BCUT2D eigenvalue weighted by Crippen LogP contribution is -2.37. The topological polar surface area (TPSA) is 109 Å². The number of ether oxygens (including phenoxy) is 1. The minimum absolute atomic E-state index is 0.0353. The standard InChI is InChI=1S/C23H22N6O3/c1-15-3-2-4-16(13-15)19-14-24-21-20(19)22(28-9-11-32-12-10-28)27-23(26-21)25-17-5-7-18(8-6-17)29(30)31/h2-8,13-14H,9-12H2,1H3,(H2,24,25,26,27). The molecular weight excluding hydrogens is 408 g/mol. The molecule has 1 saturated heterocycles. The fraction of sp³-hybridized carbons (Fsp3) is 0.217. The molecule has 2 aromatic heterocycles. The van der Waals surface area contributed by atoms with Gasteiger partial charge in [0, 0.05) is 42.7 Å². The lowest BCUT2D eigenvalue weighted by molar-refractivity contribution is -0.384. The zero-order chi connectivity index (χ0) is 22.1. The number of benzene rings is 2. The summed E-state index contributed by atoms with van der Waals surface area (Å²) in [6.07, 6.45) is 1.97. The van der Waals surface area contributed by atoms with E-state index in [2.05, 4.69) is 45.3 Å². The van der Waals surface area contributed by atoms with Crippen LogP contribution in [0.2, 0.25) is 0 Å². The maximum atomic E-state index is 10.9. The number of aromatic amines is 1. The Labute approximate surface area is 184 Å². The molecule has 2 N–H and O–H groups in total. The number of non-ortho nitro benzene ring substituents is 1. The quantitative estimate of drug-likeness (QED) is 0.356. The van der Waals surface area contributed by atoms with Crippen LogP contribution >= 0.6 is 0 Å². The highest BCUT2D eigenvalue weighted by Crippen LogP contribution is 2.36. The maximum Gasteiger partial charge on any atom is 0.269 e. The van der Waals surface area contributed by atoms with Crippen LogP contribution in [0.15, 0.2) is 54.7 Å². The molecule has 32 heavy (non-hydrogen) atoms. The fourth-order valence-electron chi connectivity index (χ4n) is 3.91. The van der Waals surface area contributed by atoms with E-state index in [0.717, 1.165) is 41.1 Å². The lowest BCUT2D eigenvalue weighted by atomic mass is 10.0. The number of H-pyrrole nitrogens is 1. The number of aryl methyl sites for hydroxylation is 1. The first-order valence-corrected chi connectivity index (χ1v) is 10.4. The second-order valence-electron chi connectivity index (χ2n) is 7.69. The normalized spacial score (nSPS) is 14.0. The first-order valence-electron chi connectivity index (χ1n) is 10.4. The van der Waals surface area contributed by atoms with E-state index in [4.69, 9.17) is 9.72 Å². The molecule has 0 atom stereocenters. The fourth-order valence-corrected chi connectivity index (χ4v) is 3.91. The molecule has 0 radical (unpaired) electrons. The molecule has 1 aliphatic heterocycles. The van der Waals surface area contributed by atoms with E-state index >= 15 is 0 Å². The van der Waals surface area contributed by atoms with Gasteiger partial charge in [0.2, 0.25) is 5.95 Å². The number of morpholine rings is 1. The molecule has 0 amide bonds. The number of anilines is 3. The maximum absolute atomic E-state index is 10.9. The first-order chi connectivity index (χ1) is 15.6. The summed E-state index contributed by atoms with van der Waals surface area (Å²) in [5, 5.41) is 15.1. The summed E-state index contributed by atoms with van der Waals surface area (Å²) < 4.78 is 5.54. The van der Waals surface area contributed by atoms with Crippen molar-refractivity contribution in [2.24, 2.45) is 0 Å². The second-order valence-corrected chi connectivity index (χ2v) is 7.69. The molecule has 2 aromatic carbocycles. The average Bonchev–Trinajstić information content (AvgIpc) is 3.23. The molecule has 1 aliphatic rings. The summed E-state index contributed by atoms with van der Waals surface area (Å²) in [6, 6.07) is 14.5. The Bertz CT molecular complexity index is 1280. The number of nitro benzene ring substituents is 1. The number of fused-ring (bicyclic) bond motifs is 1. The van der Waals surface area contributed by atoms with Crippen LogP contribution in [0.1, 0.15) is 5.56 Å². The van der Waals surface area contributed by atoms with E-state index in [-0.39, 0.29) is 5.69 Å². The molecule has 9 heteroatoms. The van der Waals surface area contributed by atoms with Crippen LogP contribution in [0.4, 0.5) is 23.1 Å². The Hall–Kier alpha value is -3.98. The van der Waals surface area contributed by atoms with Gasteiger partial charge in [-0.1, -0.05) is 29.8 Å². The van der Waals surface area contributed by atoms with E-state index in [0.29, 0.717) is 24.8 Å². The number of rotatable bonds is 5. The monoisotopic (exact) mass is 430 g/mol. The van der Waals surface area contributed by atoms with Crippen molar-refractivity contribution in [3.63, 3.8) is 0 Å². The van der Waals surface area contributed by atoms with Gasteiger partial charge in [0.15, 0.2) is 0 Å². The molecular formula is C23H22N6O3. The van der Waals surface area contributed by atoms with Crippen LogP contribution in [0.5, 0.6) is 0 Å². The highest BCUT2D eigenvalue weighted by Gasteiger charge is 2.21. The number of aromatic nitrogens is 3. The highest BCUT2D eigenvalue weighted by molar-refractivity contribution is 6.02. The van der Waals surface area contributed by atoms with Gasteiger partial charge in [-0.15, -0.1) is 0 Å². The van der Waals surface area contributed by atoms with Gasteiger partial charge >= 0.3 is 0 Å². The van der Waals surface area contributed by atoms with E-state index in [1.165, 1.54) is 17.7 Å². The summed E-state index contributed by atoms with van der Waals surface area (Å²) >= 11 is 0. The largest absolute Gasteiger partial charge is 0.378 e. The first kappa shape index (κ1) is 20.0. The number of nitrogens with one attached hydrogen (secondary N) is 2. The van der Waals surface area contributed by atoms with E-state index in [1.807, 2.05) is 12.3 Å². The van der Waals surface area contributed by atoms with Crippen molar-refractivity contribution in [3.05, 3.63) is 70.4 Å². The predicted octanol–water partition coefficient (Wildman–Crippen LogP) is 4.42. The molecule has 9 nitrogen and oxygen atoms in total. The molecule has 3 heterocycles. The van der Waals surface area contributed by atoms with Crippen LogP contribution < -0.4 is 10.2 Å². The van der Waals surface area contributed by atoms with Crippen LogP contribution in [0, 0.1) is 17.0 Å². The van der Waals surface area contributed by atoms with E-state index < -0.39 is 4.92 Å². The number of nitrogens with zero attached hydrogens (tertiary/aromatic N) is 4. The van der Waals surface area contributed by atoms with Crippen molar-refractivity contribution in [2.75, 3.05) is 36.5 Å². The Morgan fingerprint density at radius 2 is 1.91 bits per heavy atom. The number of hydrogen-bond acceptors (Lipinski definition) is 7. The molecule has 1 fully saturated rings. The van der Waals surface area contributed by atoms with Gasteiger partial charge in [-0.25, -0.2) is 0 Å². The van der Waals surface area contributed by atoms with Gasteiger partial charge in [0.1, 0.15) is 11.5 Å². The molecule has 0 unspecified atom stereocenters. The predicted molar refractivity (Wildman–Crippen MR) is 123 cm³/mol. The minimum atomic E-state index is -0.422. The Morgan fingerprint density at radius 3 is 2.62 bits per heavy atom. The summed E-state index contributed by atoms with van der Waals surface area (Å²) in [5.74, 6) is 1.26. The summed E-state index contributed by atoms with van der Waals surface area (Å²) in [4.78, 5) is 25.5. The van der Waals surface area contributed by atoms with Crippen molar-refractivity contribution in [1.29, 1.82) is 0 Å². The summed E-state index contributed by atoms with van der Waals surface area (Å²) in [5.41, 5.74) is 4.77. The van der Waals surface area contributed by atoms with Crippen LogP contribution in [-0.4, -0.2) is 46.2 Å². The molecule has 5 rings (SSSR count). The summed E-state index contributed by atoms with van der Waals surface area (Å²) in [6.45, 7) is 4.83. The Morgan fingerprint density at radius 1 is 1.12 bits per heavy atom. The number of nitro groups is 1. The summed E-state index contributed by atoms with van der Waals surface area (Å²) in [7, 11) is 0. The SMILES string of the molecule is Cc1cccc(-c2c[nH]c3nc(Nc4ccc([N+](=O)[O-])cc4)nc(N4CCOCC4)c23)c1. The molecule has 4 aromatic rings. The second kappa shape index (κ2) is 8.27. The molecule has 0 saturated carbocycles. The Kier molecular flexibility index (Phi) is 5.16. The van der Waals surface area contributed by atoms with Crippen LogP contribution in [0.25, 0.3) is 22.2 Å². The minimum Gasteiger partial charge on any atom is -0.378 e. The van der Waals surface area contributed by atoms with Gasteiger partial charge < -0.3 is 19.9 Å². The van der Waals surface area contributed by atoms with E-state index in [1.54, 1.807) is 12.1 Å². The lowest BCUT2D eigenvalue weighted by Gasteiger charge is -2.28. The molecule has 0 bridgehead atoms. The van der Waals surface area contributed by atoms with Crippen LogP contribution in [0.3, 0.4) is 0 Å². The van der Waals surface area contributed by atoms with Gasteiger partial charge in [0.25, 0.3) is 5.69 Å². The van der Waals surface area contributed by atoms with E-state index in [9.17, 15) is 10.1 Å². The van der Waals surface area contributed by atoms with Crippen molar-refractivity contribution in [2.45, 2.75) is 6.92 Å². The highest BCUT2D eigenvalue weighted by atomic mass is 16.6. The third-order valence-electron chi connectivity index (χ3n) is 5.49. The van der Waals surface area contributed by atoms with Gasteiger partial charge in [-0.3, -0.25) is 10.1 Å². The third kappa shape index (κ3) is 3.85. The smallest absolute Gasteiger partial charge is 0.269 e. The molecule has 162 valence electrons. The van der Waals surface area contributed by atoms with Crippen molar-refractivity contribution < 1.29 is 9.66 Å². The van der Waals surface area contributed by atoms with Gasteiger partial charge in [-0.05, 0) is 24.6 Å². The van der Waals surface area contributed by atoms with Crippen molar-refractivity contribution in [1.82, 2.24) is 15.0 Å². The zero-order valence-corrected chi connectivity index (χ0v) is 17.5. The average molecular weight is 430 g/mol. The van der Waals surface area contributed by atoms with Gasteiger partial charge in [0.05, 0.1) is 23.5 Å².